The summed E-state index contributed by atoms with van der Waals surface area (Å²) >= 11 is 6.02. The van der Waals surface area contributed by atoms with E-state index in [1.165, 1.54) is 0 Å². The van der Waals surface area contributed by atoms with Crippen LogP contribution in [0.3, 0.4) is 0 Å². The zero-order valence-electron chi connectivity index (χ0n) is 17.6. The lowest BCUT2D eigenvalue weighted by molar-refractivity contribution is -0.134. The largest absolute Gasteiger partial charge is 0.467 e. The van der Waals surface area contributed by atoms with Crippen molar-refractivity contribution in [1.29, 1.82) is 0 Å². The first kappa shape index (κ1) is 21.1. The summed E-state index contributed by atoms with van der Waals surface area (Å²) < 4.78 is 5.63. The second kappa shape index (κ2) is 9.33. The highest BCUT2D eigenvalue weighted by atomic mass is 35.5. The van der Waals surface area contributed by atoms with Crippen molar-refractivity contribution in [3.05, 3.63) is 59.0 Å². The molecule has 30 heavy (non-hydrogen) atoms. The van der Waals surface area contributed by atoms with Gasteiger partial charge in [0.25, 0.3) is 5.91 Å². The summed E-state index contributed by atoms with van der Waals surface area (Å²) in [6, 6.07) is 12.2. The van der Waals surface area contributed by atoms with Crippen LogP contribution in [0.25, 0.3) is 0 Å². The zero-order chi connectivity index (χ0) is 21.1. The third-order valence-corrected chi connectivity index (χ3v) is 5.98. The molecular weight excluding hydrogens is 400 g/mol. The van der Waals surface area contributed by atoms with E-state index in [1.807, 2.05) is 36.4 Å². The van der Waals surface area contributed by atoms with Crippen molar-refractivity contribution in [2.24, 2.45) is 5.10 Å². The predicted molar refractivity (Wildman–Crippen MR) is 119 cm³/mol. The number of carbonyl (C=O) groups excluding carboxylic acids is 1. The Kier molecular flexibility index (Phi) is 6.56. The number of hydrazone groups is 1. The molecule has 1 fully saturated rings. The van der Waals surface area contributed by atoms with Crippen LogP contribution in [0.15, 0.2) is 52.2 Å². The number of furan rings is 1. The van der Waals surface area contributed by atoms with Crippen LogP contribution in [0.1, 0.15) is 50.5 Å². The summed E-state index contributed by atoms with van der Waals surface area (Å²) in [7, 11) is 0. The first-order valence-electron chi connectivity index (χ1n) is 10.7. The van der Waals surface area contributed by atoms with Gasteiger partial charge in [-0.15, -0.1) is 0 Å². The molecule has 0 spiro atoms. The number of rotatable bonds is 6. The number of hydrogen-bond donors (Lipinski definition) is 1. The number of carbonyl (C=O) groups is 1. The maximum atomic E-state index is 13.2. The number of piperidine rings is 1. The molecule has 0 bridgehead atoms. The van der Waals surface area contributed by atoms with Crippen LogP contribution < -0.4 is 5.32 Å². The molecule has 7 heteroatoms. The van der Waals surface area contributed by atoms with E-state index in [0.29, 0.717) is 30.1 Å². The molecular formula is C23H29ClN4O2. The van der Waals surface area contributed by atoms with Gasteiger partial charge in [0, 0.05) is 36.6 Å². The fourth-order valence-electron chi connectivity index (χ4n) is 4.25. The van der Waals surface area contributed by atoms with Crippen molar-refractivity contribution in [1.82, 2.24) is 15.2 Å². The highest BCUT2D eigenvalue weighted by Crippen LogP contribution is 2.33. The van der Waals surface area contributed by atoms with Gasteiger partial charge in [0.05, 0.1) is 18.5 Å². The maximum Gasteiger partial charge on any atom is 0.257 e. The first-order valence-corrected chi connectivity index (χ1v) is 11.0. The molecule has 1 unspecified atom stereocenters. The highest BCUT2D eigenvalue weighted by molar-refractivity contribution is 6.30. The van der Waals surface area contributed by atoms with Crippen molar-refractivity contribution in [3.63, 3.8) is 0 Å². The van der Waals surface area contributed by atoms with E-state index in [2.05, 4.69) is 24.1 Å². The van der Waals surface area contributed by atoms with E-state index in [-0.39, 0.29) is 11.9 Å². The normalized spacial score (nSPS) is 20.7. The lowest BCUT2D eigenvalue weighted by Crippen LogP contribution is -2.47. The Bertz CT molecular complexity index is 871. The van der Waals surface area contributed by atoms with Gasteiger partial charge < -0.3 is 9.73 Å². The van der Waals surface area contributed by atoms with Crippen molar-refractivity contribution in [2.45, 2.75) is 51.2 Å². The molecule has 160 valence electrons. The third kappa shape index (κ3) is 4.94. The highest BCUT2D eigenvalue weighted by Gasteiger charge is 2.35. The molecule has 1 N–H and O–H groups in total. The fourth-order valence-corrected chi connectivity index (χ4v) is 4.38. The minimum Gasteiger partial charge on any atom is -0.467 e. The fraction of sp³-hybridized carbons (Fsp3) is 0.478. The molecule has 1 amide bonds. The van der Waals surface area contributed by atoms with Crippen LogP contribution in [0.5, 0.6) is 0 Å². The molecule has 1 saturated heterocycles. The monoisotopic (exact) mass is 428 g/mol. The molecule has 1 aromatic carbocycles. The Morgan fingerprint density at radius 1 is 1.23 bits per heavy atom. The van der Waals surface area contributed by atoms with Gasteiger partial charge in [-0.25, -0.2) is 5.01 Å². The summed E-state index contributed by atoms with van der Waals surface area (Å²) in [4.78, 5) is 15.4. The Balaban J connectivity index is 1.45. The Labute approximate surface area is 182 Å². The number of hydrogen-bond acceptors (Lipinski definition) is 5. The van der Waals surface area contributed by atoms with E-state index in [4.69, 9.17) is 21.1 Å². The average Bonchev–Trinajstić information content (AvgIpc) is 3.39. The Morgan fingerprint density at radius 2 is 1.97 bits per heavy atom. The lowest BCUT2D eigenvalue weighted by Gasteiger charge is -2.33. The minimum absolute atomic E-state index is 0.00984. The van der Waals surface area contributed by atoms with Crippen LogP contribution in [-0.4, -0.2) is 53.2 Å². The van der Waals surface area contributed by atoms with Crippen molar-refractivity contribution in [3.8, 4) is 0 Å². The van der Waals surface area contributed by atoms with Gasteiger partial charge in [0.15, 0.2) is 0 Å². The van der Waals surface area contributed by atoms with Gasteiger partial charge in [0.2, 0.25) is 0 Å². The number of benzene rings is 1. The molecule has 1 atom stereocenters. The summed E-state index contributed by atoms with van der Waals surface area (Å²) in [6.45, 7) is 6.57. The van der Waals surface area contributed by atoms with Crippen LogP contribution in [-0.2, 0) is 4.79 Å². The summed E-state index contributed by atoms with van der Waals surface area (Å²) in [6.07, 6.45) is 4.39. The third-order valence-electron chi connectivity index (χ3n) is 5.73. The van der Waals surface area contributed by atoms with Crippen LogP contribution in [0.2, 0.25) is 5.02 Å². The molecule has 1 aromatic heterocycles. The van der Waals surface area contributed by atoms with E-state index in [1.54, 1.807) is 11.3 Å². The standard InChI is InChI=1S/C23H29ClN4O2/c1-16(2)25-19-9-11-27(12-10-19)15-23(29)28-21(22-4-3-13-30-22)14-20(26-28)17-5-7-18(24)8-6-17/h3-8,13,16,19,21,25H,9-12,14-15H2,1-2H3. The smallest absolute Gasteiger partial charge is 0.257 e. The van der Waals surface area contributed by atoms with Gasteiger partial charge in [-0.3, -0.25) is 9.69 Å². The molecule has 4 rings (SSSR count). The molecule has 2 aromatic rings. The number of likely N-dealkylation sites (tertiary alicyclic amines) is 1. The number of nitrogens with zero attached hydrogens (tertiary/aromatic N) is 3. The molecule has 6 nitrogen and oxygen atoms in total. The zero-order valence-corrected chi connectivity index (χ0v) is 18.3. The quantitative estimate of drug-likeness (QED) is 0.753. The van der Waals surface area contributed by atoms with Crippen LogP contribution in [0, 0.1) is 0 Å². The Morgan fingerprint density at radius 3 is 2.60 bits per heavy atom. The summed E-state index contributed by atoms with van der Waals surface area (Å²) in [5.74, 6) is 0.770. The maximum absolute atomic E-state index is 13.2. The molecule has 2 aliphatic heterocycles. The molecule has 0 radical (unpaired) electrons. The van der Waals surface area contributed by atoms with Crippen molar-refractivity contribution < 1.29 is 9.21 Å². The average molecular weight is 429 g/mol. The van der Waals surface area contributed by atoms with E-state index >= 15 is 0 Å². The molecule has 0 aliphatic carbocycles. The topological polar surface area (TPSA) is 61.1 Å². The van der Waals surface area contributed by atoms with E-state index in [9.17, 15) is 4.79 Å². The molecule has 3 heterocycles. The summed E-state index contributed by atoms with van der Waals surface area (Å²) in [5.41, 5.74) is 1.85. The number of halogens is 1. The SMILES string of the molecule is CC(C)NC1CCN(CC(=O)N2N=C(c3ccc(Cl)cc3)CC2c2ccco2)CC1. The van der Waals surface area contributed by atoms with Crippen molar-refractivity contribution in [2.75, 3.05) is 19.6 Å². The van der Waals surface area contributed by atoms with Gasteiger partial charge in [0.1, 0.15) is 11.8 Å². The van der Waals surface area contributed by atoms with E-state index in [0.717, 1.165) is 43.0 Å². The van der Waals surface area contributed by atoms with Crippen LogP contribution >= 0.6 is 11.6 Å². The second-order valence-electron chi connectivity index (χ2n) is 8.40. The lowest BCUT2D eigenvalue weighted by atomic mass is 10.0. The van der Waals surface area contributed by atoms with Gasteiger partial charge in [-0.05, 0) is 42.7 Å². The second-order valence-corrected chi connectivity index (χ2v) is 8.84. The van der Waals surface area contributed by atoms with Crippen molar-refractivity contribution >= 4 is 23.2 Å². The minimum atomic E-state index is -0.210. The number of amides is 1. The summed E-state index contributed by atoms with van der Waals surface area (Å²) in [5, 5.41) is 10.6. The van der Waals surface area contributed by atoms with Gasteiger partial charge in [-0.2, -0.15) is 5.10 Å². The van der Waals surface area contributed by atoms with Gasteiger partial charge >= 0.3 is 0 Å². The van der Waals surface area contributed by atoms with Crippen LogP contribution in [0.4, 0.5) is 0 Å². The Hall–Kier alpha value is -2.15. The molecule has 2 aliphatic rings. The van der Waals surface area contributed by atoms with Gasteiger partial charge in [-0.1, -0.05) is 37.6 Å². The number of nitrogens with one attached hydrogen (secondary N) is 1. The van der Waals surface area contributed by atoms with E-state index < -0.39 is 0 Å². The predicted octanol–water partition coefficient (Wildman–Crippen LogP) is 4.07. The first-order chi connectivity index (χ1) is 14.5. The molecule has 0 saturated carbocycles.